The Morgan fingerprint density at radius 2 is 1.70 bits per heavy atom. The van der Waals surface area contributed by atoms with Crippen LogP contribution in [-0.4, -0.2) is 50.1 Å². The van der Waals surface area contributed by atoms with Crippen molar-refractivity contribution in [3.8, 4) is 0 Å². The number of carbonyl (C=O) groups is 2. The number of carboxylic acid groups (broad SMARTS) is 1. The first kappa shape index (κ1) is 15.4. The number of hydrogen-bond donors (Lipinski definition) is 2. The van der Waals surface area contributed by atoms with Gasteiger partial charge in [0.15, 0.2) is 0 Å². The van der Waals surface area contributed by atoms with Gasteiger partial charge < -0.3 is 15.1 Å². The van der Waals surface area contributed by atoms with Crippen molar-refractivity contribution in [3.05, 3.63) is 39.4 Å². The molecule has 2 saturated heterocycles. The lowest BCUT2D eigenvalue weighted by Gasteiger charge is -2.37. The minimum atomic E-state index is -1.32. The Bertz CT molecular complexity index is 642. The van der Waals surface area contributed by atoms with Crippen LogP contribution in [0.2, 0.25) is 0 Å². The molecule has 1 aromatic carbocycles. The number of hydrogen-bond acceptors (Lipinski definition) is 5. The van der Waals surface area contributed by atoms with E-state index in [2.05, 4.69) is 0 Å². The zero-order chi connectivity index (χ0) is 16.7. The summed E-state index contributed by atoms with van der Waals surface area (Å²) in [6, 6.07) is 3.03. The summed E-state index contributed by atoms with van der Waals surface area (Å²) in [6.45, 7) is 0. The highest BCUT2D eigenvalue weighted by Gasteiger charge is 2.43. The van der Waals surface area contributed by atoms with E-state index in [1.165, 1.54) is 6.07 Å². The summed E-state index contributed by atoms with van der Waals surface area (Å²) >= 11 is 0. The first-order valence-corrected chi connectivity index (χ1v) is 7.40. The van der Waals surface area contributed by atoms with Crippen molar-refractivity contribution >= 4 is 17.6 Å². The molecule has 8 nitrogen and oxygen atoms in total. The normalized spacial score (nSPS) is 26.1. The van der Waals surface area contributed by atoms with Crippen molar-refractivity contribution in [2.24, 2.45) is 0 Å². The van der Waals surface area contributed by atoms with Gasteiger partial charge in [-0.1, -0.05) is 0 Å². The number of piperidine rings is 1. The van der Waals surface area contributed by atoms with Crippen molar-refractivity contribution in [1.29, 1.82) is 0 Å². The number of benzene rings is 1. The molecular formula is C15H16N2O6. The number of amides is 1. The highest BCUT2D eigenvalue weighted by atomic mass is 16.6. The third-order valence-electron chi connectivity index (χ3n) is 4.57. The highest BCUT2D eigenvalue weighted by molar-refractivity contribution is 5.99. The molecule has 2 heterocycles. The van der Waals surface area contributed by atoms with Crippen molar-refractivity contribution < 1.29 is 24.7 Å². The third kappa shape index (κ3) is 2.77. The molecule has 2 atom stereocenters. The summed E-state index contributed by atoms with van der Waals surface area (Å²) in [7, 11) is 0. The maximum absolute atomic E-state index is 12.7. The van der Waals surface area contributed by atoms with Gasteiger partial charge in [0, 0.05) is 29.8 Å². The van der Waals surface area contributed by atoms with Crippen LogP contribution >= 0.6 is 0 Å². The Balaban J connectivity index is 1.96. The molecule has 2 unspecified atom stereocenters. The number of aromatic carboxylic acids is 1. The van der Waals surface area contributed by atoms with Gasteiger partial charge in [0.25, 0.3) is 11.6 Å². The molecule has 1 aromatic rings. The van der Waals surface area contributed by atoms with E-state index in [9.17, 15) is 24.8 Å². The standard InChI is InChI=1S/C15H16N2O6/c18-13-6-10-1-2-11(7-13)16(10)14(19)8-3-9(15(20)21)5-12(4-8)17(22)23/h3-5,10-11,13,18H,1-2,6-7H2,(H,20,21). The SMILES string of the molecule is O=C(O)c1cc(C(=O)N2C3CCC2CC(O)C3)cc([N+](=O)[O-])c1. The molecule has 0 aliphatic carbocycles. The summed E-state index contributed by atoms with van der Waals surface area (Å²) in [6.07, 6.45) is 2.12. The Morgan fingerprint density at radius 1 is 1.13 bits per heavy atom. The molecule has 0 spiro atoms. The van der Waals surface area contributed by atoms with Crippen molar-refractivity contribution in [2.45, 2.75) is 43.9 Å². The maximum atomic E-state index is 12.7. The molecule has 2 bridgehead atoms. The number of fused-ring (bicyclic) bond motifs is 2. The lowest BCUT2D eigenvalue weighted by atomic mass is 9.98. The summed E-state index contributed by atoms with van der Waals surface area (Å²) in [5.74, 6) is -1.73. The number of rotatable bonds is 3. The van der Waals surface area contributed by atoms with Gasteiger partial charge in [-0.3, -0.25) is 14.9 Å². The maximum Gasteiger partial charge on any atom is 0.335 e. The van der Waals surface area contributed by atoms with E-state index in [1.54, 1.807) is 4.90 Å². The van der Waals surface area contributed by atoms with E-state index in [-0.39, 0.29) is 23.2 Å². The van der Waals surface area contributed by atoms with Gasteiger partial charge in [0.2, 0.25) is 0 Å². The first-order valence-electron chi connectivity index (χ1n) is 7.40. The first-order chi connectivity index (χ1) is 10.9. The van der Waals surface area contributed by atoms with Crippen molar-refractivity contribution in [1.82, 2.24) is 4.90 Å². The number of nitro groups is 1. The Labute approximate surface area is 131 Å². The predicted molar refractivity (Wildman–Crippen MR) is 78.3 cm³/mol. The van der Waals surface area contributed by atoms with E-state index in [0.29, 0.717) is 12.8 Å². The number of carbonyl (C=O) groups excluding carboxylic acids is 1. The average molecular weight is 320 g/mol. The largest absolute Gasteiger partial charge is 0.478 e. The number of non-ortho nitro benzene ring substituents is 1. The van der Waals surface area contributed by atoms with Crippen molar-refractivity contribution in [3.63, 3.8) is 0 Å². The molecule has 2 fully saturated rings. The number of nitrogens with zero attached hydrogens (tertiary/aromatic N) is 2. The van der Waals surface area contributed by atoms with Gasteiger partial charge in [0.1, 0.15) is 0 Å². The minimum Gasteiger partial charge on any atom is -0.478 e. The number of aliphatic hydroxyl groups is 1. The molecule has 23 heavy (non-hydrogen) atoms. The molecule has 0 radical (unpaired) electrons. The zero-order valence-corrected chi connectivity index (χ0v) is 12.2. The summed E-state index contributed by atoms with van der Waals surface area (Å²) < 4.78 is 0. The van der Waals surface area contributed by atoms with Gasteiger partial charge in [-0.05, 0) is 31.7 Å². The highest BCUT2D eigenvalue weighted by Crippen LogP contribution is 2.37. The topological polar surface area (TPSA) is 121 Å². The summed E-state index contributed by atoms with van der Waals surface area (Å²) in [5, 5.41) is 29.8. The summed E-state index contributed by atoms with van der Waals surface area (Å²) in [5.41, 5.74) is -0.700. The van der Waals surface area contributed by atoms with Crippen molar-refractivity contribution in [2.75, 3.05) is 0 Å². The van der Waals surface area contributed by atoms with Gasteiger partial charge in [-0.2, -0.15) is 0 Å². The molecular weight excluding hydrogens is 304 g/mol. The fraction of sp³-hybridized carbons (Fsp3) is 0.467. The van der Waals surface area contributed by atoms with Gasteiger partial charge in [-0.25, -0.2) is 4.79 Å². The van der Waals surface area contributed by atoms with Crippen LogP contribution in [0, 0.1) is 10.1 Å². The van der Waals surface area contributed by atoms with Crippen LogP contribution in [0.15, 0.2) is 18.2 Å². The smallest absolute Gasteiger partial charge is 0.335 e. The molecule has 122 valence electrons. The Morgan fingerprint density at radius 3 is 2.22 bits per heavy atom. The van der Waals surface area contributed by atoms with Gasteiger partial charge in [-0.15, -0.1) is 0 Å². The molecule has 8 heteroatoms. The lowest BCUT2D eigenvalue weighted by Crippen LogP contribution is -2.48. The quantitative estimate of drug-likeness (QED) is 0.642. The molecule has 3 rings (SSSR count). The van der Waals surface area contributed by atoms with Crippen LogP contribution in [0.5, 0.6) is 0 Å². The van der Waals surface area contributed by atoms with Crippen LogP contribution in [0.4, 0.5) is 5.69 Å². The Kier molecular flexibility index (Phi) is 3.77. The Hall–Kier alpha value is -2.48. The van der Waals surface area contributed by atoms with Crippen LogP contribution < -0.4 is 0 Å². The monoisotopic (exact) mass is 320 g/mol. The molecule has 2 aliphatic heterocycles. The molecule has 1 amide bonds. The van der Waals surface area contributed by atoms with E-state index in [4.69, 9.17) is 5.11 Å². The van der Waals surface area contributed by atoms with Crippen LogP contribution in [0.25, 0.3) is 0 Å². The van der Waals surface area contributed by atoms with Crippen LogP contribution in [0.3, 0.4) is 0 Å². The van der Waals surface area contributed by atoms with Gasteiger partial charge >= 0.3 is 5.97 Å². The molecule has 0 saturated carbocycles. The van der Waals surface area contributed by atoms with Crippen LogP contribution in [0.1, 0.15) is 46.4 Å². The predicted octanol–water partition coefficient (Wildman–Crippen LogP) is 1.42. The lowest BCUT2D eigenvalue weighted by molar-refractivity contribution is -0.384. The summed E-state index contributed by atoms with van der Waals surface area (Å²) in [4.78, 5) is 35.8. The fourth-order valence-electron chi connectivity index (χ4n) is 3.59. The third-order valence-corrected chi connectivity index (χ3v) is 4.57. The molecule has 0 aromatic heterocycles. The van der Waals surface area contributed by atoms with E-state index < -0.39 is 28.6 Å². The minimum absolute atomic E-state index is 0.00453. The van der Waals surface area contributed by atoms with E-state index in [1.807, 2.05) is 0 Å². The van der Waals surface area contributed by atoms with Crippen LogP contribution in [-0.2, 0) is 0 Å². The van der Waals surface area contributed by atoms with Gasteiger partial charge in [0.05, 0.1) is 16.6 Å². The number of carboxylic acids is 1. The number of aliphatic hydroxyl groups excluding tert-OH is 1. The fourth-order valence-corrected chi connectivity index (χ4v) is 3.59. The second kappa shape index (κ2) is 5.62. The molecule has 2 N–H and O–H groups in total. The average Bonchev–Trinajstić information content (AvgIpc) is 2.77. The zero-order valence-electron chi connectivity index (χ0n) is 12.2. The second-order valence-corrected chi connectivity index (χ2v) is 6.05. The van der Waals surface area contributed by atoms with E-state index >= 15 is 0 Å². The number of nitro benzene ring substituents is 1. The molecule has 2 aliphatic rings. The van der Waals surface area contributed by atoms with E-state index in [0.717, 1.165) is 25.0 Å². The second-order valence-electron chi connectivity index (χ2n) is 6.05.